The molecule has 1 aliphatic rings. The van der Waals surface area contributed by atoms with Crippen molar-refractivity contribution in [2.24, 2.45) is 5.92 Å². The molecule has 0 saturated carbocycles. The van der Waals surface area contributed by atoms with Crippen molar-refractivity contribution in [3.8, 4) is 0 Å². The Labute approximate surface area is 96.4 Å². The fraction of sp³-hybridized carbons (Fsp3) is 0.615. The molecule has 0 aliphatic carbocycles. The molecule has 0 radical (unpaired) electrons. The predicted octanol–water partition coefficient (Wildman–Crippen LogP) is 2.77. The summed E-state index contributed by atoms with van der Waals surface area (Å²) in [5.74, 6) is 2.12. The summed E-state index contributed by atoms with van der Waals surface area (Å²) < 4.78 is 5.46. The lowest BCUT2D eigenvalue weighted by Gasteiger charge is -2.29. The summed E-state index contributed by atoms with van der Waals surface area (Å²) in [5.41, 5.74) is 1.05. The van der Waals surface area contributed by atoms with E-state index in [0.29, 0.717) is 5.76 Å². The van der Waals surface area contributed by atoms with Crippen LogP contribution in [0.4, 0.5) is 0 Å². The van der Waals surface area contributed by atoms with Gasteiger partial charge < -0.3 is 9.32 Å². The van der Waals surface area contributed by atoms with Gasteiger partial charge in [-0.3, -0.25) is 4.79 Å². The minimum absolute atomic E-state index is 0.0445. The van der Waals surface area contributed by atoms with Gasteiger partial charge >= 0.3 is 0 Å². The first-order valence-corrected chi connectivity index (χ1v) is 5.94. The normalized spacial score (nSPS) is 17.8. The Bertz CT molecular complexity index is 367. The third kappa shape index (κ3) is 2.13. The molecule has 0 aromatic carbocycles. The molecule has 0 N–H and O–H groups in total. The zero-order valence-corrected chi connectivity index (χ0v) is 10.2. The number of carbonyl (C=O) groups is 1. The molecular weight excluding hydrogens is 202 g/mol. The van der Waals surface area contributed by atoms with Crippen molar-refractivity contribution in [3.63, 3.8) is 0 Å². The predicted molar refractivity (Wildman–Crippen MR) is 62.5 cm³/mol. The molecule has 16 heavy (non-hydrogen) atoms. The van der Waals surface area contributed by atoms with E-state index in [-0.39, 0.29) is 5.91 Å². The van der Waals surface area contributed by atoms with E-state index in [0.717, 1.165) is 43.2 Å². The van der Waals surface area contributed by atoms with Crippen LogP contribution in [0.5, 0.6) is 0 Å². The smallest absolute Gasteiger partial charge is 0.289 e. The molecule has 0 bridgehead atoms. The fourth-order valence-corrected chi connectivity index (χ4v) is 2.05. The van der Waals surface area contributed by atoms with Gasteiger partial charge in [0.1, 0.15) is 5.76 Å². The van der Waals surface area contributed by atoms with Crippen molar-refractivity contribution < 1.29 is 9.21 Å². The number of amides is 1. The minimum atomic E-state index is 0.0445. The Balaban J connectivity index is 2.07. The highest BCUT2D eigenvalue weighted by Gasteiger charge is 2.23. The summed E-state index contributed by atoms with van der Waals surface area (Å²) in [6, 6.07) is 1.84. The van der Waals surface area contributed by atoms with Gasteiger partial charge in [-0.1, -0.05) is 6.92 Å². The zero-order chi connectivity index (χ0) is 11.7. The van der Waals surface area contributed by atoms with Gasteiger partial charge in [0.05, 0.1) is 0 Å². The first-order valence-electron chi connectivity index (χ1n) is 5.94. The van der Waals surface area contributed by atoms with Crippen molar-refractivity contribution in [2.75, 3.05) is 13.1 Å². The summed E-state index contributed by atoms with van der Waals surface area (Å²) in [6.07, 6.45) is 2.20. The summed E-state index contributed by atoms with van der Waals surface area (Å²) in [6.45, 7) is 7.82. The number of piperidine rings is 1. The number of carbonyl (C=O) groups excluding carboxylic acids is 1. The van der Waals surface area contributed by atoms with Crippen LogP contribution in [0.25, 0.3) is 0 Å². The monoisotopic (exact) mass is 221 g/mol. The van der Waals surface area contributed by atoms with Gasteiger partial charge in [0.25, 0.3) is 5.91 Å². The number of hydrogen-bond acceptors (Lipinski definition) is 2. The van der Waals surface area contributed by atoms with Crippen LogP contribution in [0.1, 0.15) is 41.6 Å². The van der Waals surface area contributed by atoms with E-state index in [9.17, 15) is 4.79 Å². The van der Waals surface area contributed by atoms with Gasteiger partial charge in [-0.05, 0) is 44.2 Å². The fourth-order valence-electron chi connectivity index (χ4n) is 2.05. The van der Waals surface area contributed by atoms with E-state index in [1.54, 1.807) is 0 Å². The van der Waals surface area contributed by atoms with Crippen molar-refractivity contribution >= 4 is 5.91 Å². The van der Waals surface area contributed by atoms with E-state index in [2.05, 4.69) is 6.92 Å². The van der Waals surface area contributed by atoms with Crippen molar-refractivity contribution in [1.29, 1.82) is 0 Å². The van der Waals surface area contributed by atoms with Gasteiger partial charge in [0.2, 0.25) is 0 Å². The Morgan fingerprint density at radius 2 is 2.00 bits per heavy atom. The quantitative estimate of drug-likeness (QED) is 0.730. The maximum atomic E-state index is 12.1. The number of hydrogen-bond donors (Lipinski definition) is 0. The highest BCUT2D eigenvalue weighted by molar-refractivity contribution is 5.91. The van der Waals surface area contributed by atoms with Crippen LogP contribution in [0.3, 0.4) is 0 Å². The van der Waals surface area contributed by atoms with Crippen LogP contribution in [-0.4, -0.2) is 23.9 Å². The van der Waals surface area contributed by atoms with Gasteiger partial charge in [-0.15, -0.1) is 0 Å². The van der Waals surface area contributed by atoms with Crippen LogP contribution in [0.15, 0.2) is 10.5 Å². The van der Waals surface area contributed by atoms with E-state index in [1.165, 1.54) is 0 Å². The van der Waals surface area contributed by atoms with Gasteiger partial charge in [-0.2, -0.15) is 0 Å². The zero-order valence-electron chi connectivity index (χ0n) is 10.2. The van der Waals surface area contributed by atoms with Crippen LogP contribution < -0.4 is 0 Å². The third-order valence-electron chi connectivity index (χ3n) is 3.45. The molecular formula is C13H19NO2. The molecule has 0 spiro atoms. The summed E-state index contributed by atoms with van der Waals surface area (Å²) in [5, 5.41) is 0. The number of rotatable bonds is 1. The van der Waals surface area contributed by atoms with E-state index < -0.39 is 0 Å². The highest BCUT2D eigenvalue weighted by atomic mass is 16.4. The van der Waals surface area contributed by atoms with Crippen molar-refractivity contribution in [3.05, 3.63) is 23.2 Å². The number of likely N-dealkylation sites (tertiary alicyclic amines) is 1. The molecule has 2 rings (SSSR count). The van der Waals surface area contributed by atoms with Crippen LogP contribution in [-0.2, 0) is 0 Å². The van der Waals surface area contributed by atoms with Crippen LogP contribution in [0.2, 0.25) is 0 Å². The number of nitrogens with zero attached hydrogens (tertiary/aromatic N) is 1. The Morgan fingerprint density at radius 3 is 2.50 bits per heavy atom. The lowest BCUT2D eigenvalue weighted by Crippen LogP contribution is -2.37. The lowest BCUT2D eigenvalue weighted by atomic mass is 9.99. The average Bonchev–Trinajstić information content (AvgIpc) is 2.59. The van der Waals surface area contributed by atoms with Crippen molar-refractivity contribution in [1.82, 2.24) is 4.90 Å². The lowest BCUT2D eigenvalue weighted by molar-refractivity contribution is 0.0663. The van der Waals surface area contributed by atoms with E-state index in [1.807, 2.05) is 24.8 Å². The van der Waals surface area contributed by atoms with E-state index >= 15 is 0 Å². The number of furan rings is 1. The first-order chi connectivity index (χ1) is 7.58. The second-order valence-electron chi connectivity index (χ2n) is 4.82. The summed E-state index contributed by atoms with van der Waals surface area (Å²) in [4.78, 5) is 14.0. The molecule has 2 heterocycles. The summed E-state index contributed by atoms with van der Waals surface area (Å²) >= 11 is 0. The Morgan fingerprint density at radius 1 is 1.38 bits per heavy atom. The molecule has 1 saturated heterocycles. The molecule has 0 unspecified atom stereocenters. The third-order valence-corrected chi connectivity index (χ3v) is 3.45. The Hall–Kier alpha value is -1.25. The van der Waals surface area contributed by atoms with Crippen LogP contribution in [0, 0.1) is 19.8 Å². The molecule has 3 heteroatoms. The molecule has 1 fully saturated rings. The molecule has 3 nitrogen and oxygen atoms in total. The largest absolute Gasteiger partial charge is 0.456 e. The van der Waals surface area contributed by atoms with Gasteiger partial charge in [0, 0.05) is 13.1 Å². The molecule has 1 aromatic rings. The molecule has 1 aliphatic heterocycles. The molecule has 1 aromatic heterocycles. The van der Waals surface area contributed by atoms with Gasteiger partial charge in [0.15, 0.2) is 5.76 Å². The number of aryl methyl sites for hydroxylation is 2. The van der Waals surface area contributed by atoms with Crippen LogP contribution >= 0.6 is 0 Å². The minimum Gasteiger partial charge on any atom is -0.456 e. The topological polar surface area (TPSA) is 33.5 Å². The second kappa shape index (κ2) is 4.32. The second-order valence-corrected chi connectivity index (χ2v) is 4.82. The van der Waals surface area contributed by atoms with Gasteiger partial charge in [-0.25, -0.2) is 0 Å². The molecule has 0 atom stereocenters. The average molecular weight is 221 g/mol. The Kier molecular flexibility index (Phi) is 3.03. The summed E-state index contributed by atoms with van der Waals surface area (Å²) in [7, 11) is 0. The van der Waals surface area contributed by atoms with E-state index in [4.69, 9.17) is 4.42 Å². The standard InChI is InChI=1S/C13H19NO2/c1-9-4-6-14(7-5-9)13(15)12-8-10(2)11(3)16-12/h8-9H,4-7H2,1-3H3. The first kappa shape index (κ1) is 11.2. The molecule has 88 valence electrons. The highest BCUT2D eigenvalue weighted by Crippen LogP contribution is 2.20. The van der Waals surface area contributed by atoms with Crippen molar-refractivity contribution in [2.45, 2.75) is 33.6 Å². The maximum absolute atomic E-state index is 12.1. The molecule has 1 amide bonds. The maximum Gasteiger partial charge on any atom is 0.289 e. The SMILES string of the molecule is Cc1cc(C(=O)N2CCC(C)CC2)oc1C.